The Hall–Kier alpha value is -5.55. The van der Waals surface area contributed by atoms with Gasteiger partial charge < -0.3 is 60.2 Å². The lowest BCUT2D eigenvalue weighted by molar-refractivity contribution is -0.121. The van der Waals surface area contributed by atoms with E-state index in [1.54, 1.807) is 18.2 Å². The summed E-state index contributed by atoms with van der Waals surface area (Å²) in [6.45, 7) is 11.9. The van der Waals surface area contributed by atoms with Crippen molar-refractivity contribution in [2.45, 2.75) is 90.0 Å². The Kier molecular flexibility index (Phi) is 15.7. The van der Waals surface area contributed by atoms with Crippen LogP contribution in [0.25, 0.3) is 22.3 Å². The monoisotopic (exact) mass is 1140 g/mol. The summed E-state index contributed by atoms with van der Waals surface area (Å²) >= 11 is 0. The van der Waals surface area contributed by atoms with Crippen molar-refractivity contribution in [3.8, 4) is 11.5 Å². The molecule has 1 saturated heterocycles. The van der Waals surface area contributed by atoms with Gasteiger partial charge in [-0.15, -0.1) is 4.86 Å². The summed E-state index contributed by atoms with van der Waals surface area (Å²) in [5.74, 6) is -0.0962. The molecule has 6 atom stereocenters. The van der Waals surface area contributed by atoms with E-state index in [-0.39, 0.29) is 47.9 Å². The van der Waals surface area contributed by atoms with Crippen molar-refractivity contribution in [2.24, 2.45) is 4.99 Å². The van der Waals surface area contributed by atoms with Gasteiger partial charge in [-0.05, 0) is 57.0 Å². The van der Waals surface area contributed by atoms with E-state index in [9.17, 15) is 51.1 Å². The number of phosphoric ester groups is 1. The van der Waals surface area contributed by atoms with Crippen LogP contribution in [-0.4, -0.2) is 137 Å². The van der Waals surface area contributed by atoms with Crippen LogP contribution < -0.4 is 46.2 Å². The molecule has 0 bridgehead atoms. The number of carbonyl (C=O) groups excluding carboxylic acids is 2. The number of nitrogens with zero attached hydrogens (tertiary/aromatic N) is 7. The number of aliphatic hydroxyl groups excluding tert-OH is 1. The molecular weight excluding hydrogens is 1080 g/mol. The molecule has 2 unspecified atom stereocenters. The number of hydrogen-bond donors (Lipinski definition) is 10. The number of fused-ring (bicyclic) bond motifs is 5. The summed E-state index contributed by atoms with van der Waals surface area (Å²) in [5.41, 5.74) is 9.60. The number of allylic oxidation sites excluding steroid dienone is 1. The maximum absolute atomic E-state index is 13.2. The van der Waals surface area contributed by atoms with Crippen molar-refractivity contribution < 1.29 is 84.0 Å². The predicted octanol–water partition coefficient (Wildman–Crippen LogP) is 1.91. The standard InChI is InChI=1S/C43H56N11O18P3S/c1-7-53-29-15-31-27(13-25(29)23(2)17-42(53,3)4)50-28-14-26-24(20-76(65,66)67)18-43(5,6)54(30(26)16-32(28)69-31)12-8-9-34(55)45-10-11-46-41(57)71-37-36(56)33(19-68-75(63,64)72-74(61,62)51-73(58,59)60)70-40(37)52-22-49-35-38(44)47-21-48-39(35)52/h13-18,21-22,33,36-37,40,56H,7-12,19-20H2,1-6H3,(H9-,44,45,46,47,48,51,55,57,58,59,60,61,62,63,64,65,66,67)/p+1/t33-,36-,37-,40-/m1/s1. The minimum absolute atomic E-state index is 0.0207. The van der Waals surface area contributed by atoms with E-state index in [1.807, 2.05) is 30.6 Å². The van der Waals surface area contributed by atoms with Crippen LogP contribution in [0.1, 0.15) is 71.7 Å². The summed E-state index contributed by atoms with van der Waals surface area (Å²) in [4.78, 5) is 84.1. The van der Waals surface area contributed by atoms with Gasteiger partial charge in [0.15, 0.2) is 40.8 Å². The van der Waals surface area contributed by atoms with E-state index < -0.39 is 82.0 Å². The maximum atomic E-state index is 13.2. The van der Waals surface area contributed by atoms with Crippen molar-refractivity contribution in [3.63, 3.8) is 0 Å². The molecule has 4 aromatic rings. The first-order valence-electron chi connectivity index (χ1n) is 23.4. The van der Waals surface area contributed by atoms with Gasteiger partial charge in [0.2, 0.25) is 11.3 Å². The van der Waals surface area contributed by atoms with Crippen molar-refractivity contribution in [2.75, 3.05) is 49.2 Å². The number of likely N-dealkylation sites (N-methyl/N-ethyl adjacent to an activating group) is 1. The van der Waals surface area contributed by atoms with Gasteiger partial charge in [-0.3, -0.25) is 18.4 Å². The molecule has 11 N–H and O–H groups in total. The number of benzene rings is 2. The molecule has 4 aliphatic heterocycles. The number of imidazole rings is 1. The quantitative estimate of drug-likeness (QED) is 0.0244. The number of nitrogen functional groups attached to an aromatic ring is 1. The molecule has 6 heterocycles. The lowest BCUT2D eigenvalue weighted by atomic mass is 9.88. The topological polar surface area (TPSA) is 411 Å². The largest absolute Gasteiger partial charge is 0.480 e. The fraction of sp³-hybridized carbons (Fsp3) is 0.465. The lowest BCUT2D eigenvalue weighted by Gasteiger charge is -2.43. The van der Waals surface area contributed by atoms with Crippen molar-refractivity contribution in [1.29, 1.82) is 0 Å². The van der Waals surface area contributed by atoms with Crippen LogP contribution in [0, 0.1) is 0 Å². The Balaban J connectivity index is 0.918. The van der Waals surface area contributed by atoms with Gasteiger partial charge in [0.05, 0.1) is 30.1 Å². The summed E-state index contributed by atoms with van der Waals surface area (Å²) in [6, 6.07) is 7.50. The molecule has 2 amide bonds. The number of alkyl carbamates (subject to hydrolysis) is 1. The summed E-state index contributed by atoms with van der Waals surface area (Å²) < 4.78 is 100. The van der Waals surface area contributed by atoms with Gasteiger partial charge in [0, 0.05) is 63.6 Å². The fourth-order valence-electron chi connectivity index (χ4n) is 9.71. The number of phosphoric acid groups is 1. The molecule has 8 rings (SSSR count). The summed E-state index contributed by atoms with van der Waals surface area (Å²) in [5, 5.41) is 17.5. The van der Waals surface area contributed by atoms with Gasteiger partial charge in [-0.1, -0.05) is 6.08 Å². The molecule has 412 valence electrons. The SMILES string of the molecule is CCN1c2cc3c(cc2C(C)=CC1(C)C)N=c1cc2c(cc1O3)=[N+](CCCC(=O)NCCNC(=O)O[C@@H]1[C@H](O)[C@@H](COP(=O)(O)OP(=O)(O)NP(=O)(O)O)O[C@H]1n1cnc3c(N)ncnc31)C(C)(C)C=C2CS(=O)(=O)O. The summed E-state index contributed by atoms with van der Waals surface area (Å²) in [6.07, 6.45) is -1.19. The van der Waals surface area contributed by atoms with Gasteiger partial charge >= 0.3 is 29.4 Å². The number of nitrogens with two attached hydrogens (primary N) is 1. The minimum Gasteiger partial charge on any atom is -0.452 e. The number of anilines is 2. The zero-order valence-corrected chi connectivity index (χ0v) is 45.1. The van der Waals surface area contributed by atoms with E-state index >= 15 is 0 Å². The maximum Gasteiger partial charge on any atom is 0.480 e. The Labute approximate surface area is 433 Å². The molecule has 2 aromatic heterocycles. The highest BCUT2D eigenvalue weighted by Gasteiger charge is 2.50. The number of aliphatic hydroxyl groups is 1. The minimum atomic E-state index is -5.63. The van der Waals surface area contributed by atoms with Crippen LogP contribution >= 0.6 is 23.3 Å². The third-order valence-corrected chi connectivity index (χ3v) is 17.6. The van der Waals surface area contributed by atoms with E-state index in [4.69, 9.17) is 39.2 Å². The number of rotatable bonds is 19. The Morgan fingerprint density at radius 2 is 1.70 bits per heavy atom. The second kappa shape index (κ2) is 21.0. The molecule has 4 aliphatic rings. The zero-order chi connectivity index (χ0) is 55.5. The number of amides is 2. The third-order valence-electron chi connectivity index (χ3n) is 12.7. The molecule has 76 heavy (non-hydrogen) atoms. The van der Waals surface area contributed by atoms with Gasteiger partial charge in [-0.25, -0.2) is 43.0 Å². The average molecular weight is 1140 g/mol. The normalized spacial score (nSPS) is 22.1. The van der Waals surface area contributed by atoms with Crippen LogP contribution in [0.4, 0.5) is 22.0 Å². The van der Waals surface area contributed by atoms with Crippen LogP contribution in [0.15, 0.2) is 54.1 Å². The van der Waals surface area contributed by atoms with Gasteiger partial charge in [-0.2, -0.15) is 12.7 Å². The zero-order valence-electron chi connectivity index (χ0n) is 41.6. The highest BCUT2D eigenvalue weighted by molar-refractivity contribution is 7.86. The highest BCUT2D eigenvalue weighted by Crippen LogP contribution is 2.61. The lowest BCUT2D eigenvalue weighted by Crippen LogP contribution is -2.50. The number of hydrogen-bond acceptors (Lipinski definition) is 19. The van der Waals surface area contributed by atoms with Crippen LogP contribution in [0.3, 0.4) is 0 Å². The molecule has 29 nitrogen and oxygen atoms in total. The molecule has 2 aromatic carbocycles. The molecular formula is C43H57N11O18P3S+. The van der Waals surface area contributed by atoms with Gasteiger partial charge in [0.1, 0.15) is 47.4 Å². The Bertz CT molecular complexity index is 3480. The second-order valence-electron chi connectivity index (χ2n) is 19.2. The Morgan fingerprint density at radius 3 is 2.39 bits per heavy atom. The number of carbonyl (C=O) groups is 2. The number of ether oxygens (including phenoxy) is 3. The first-order chi connectivity index (χ1) is 35.3. The molecule has 33 heteroatoms. The fourth-order valence-corrected chi connectivity index (χ4v) is 13.8. The average Bonchev–Trinajstić information content (AvgIpc) is 3.85. The number of nitrogens with one attached hydrogen (secondary N) is 3. The van der Waals surface area contributed by atoms with E-state index in [0.29, 0.717) is 52.0 Å². The molecule has 0 saturated carbocycles. The van der Waals surface area contributed by atoms with Crippen molar-refractivity contribution in [3.05, 3.63) is 70.9 Å². The second-order valence-corrected chi connectivity index (χ2v) is 25.4. The summed E-state index contributed by atoms with van der Waals surface area (Å²) in [7, 11) is -21.1. The van der Waals surface area contributed by atoms with E-state index in [2.05, 4.69) is 68.6 Å². The van der Waals surface area contributed by atoms with Crippen LogP contribution in [-0.2, 0) is 46.9 Å². The molecule has 0 spiro atoms. The van der Waals surface area contributed by atoms with Crippen molar-refractivity contribution >= 4 is 84.9 Å². The molecule has 1 fully saturated rings. The van der Waals surface area contributed by atoms with E-state index in [0.717, 1.165) is 34.6 Å². The molecule has 0 radical (unpaired) electrons. The Morgan fingerprint density at radius 1 is 0.974 bits per heavy atom. The number of aromatic nitrogens is 4. The predicted molar refractivity (Wildman–Crippen MR) is 271 cm³/mol. The first kappa shape index (κ1) is 56.6. The highest BCUT2D eigenvalue weighted by atomic mass is 32.2. The molecule has 0 aliphatic carbocycles. The smallest absolute Gasteiger partial charge is 0.452 e. The van der Waals surface area contributed by atoms with Crippen LogP contribution in [0.2, 0.25) is 0 Å². The van der Waals surface area contributed by atoms with E-state index in [1.165, 1.54) is 10.9 Å². The van der Waals surface area contributed by atoms with Crippen molar-refractivity contribution in [1.82, 2.24) is 39.6 Å². The van der Waals surface area contributed by atoms with Gasteiger partial charge in [0.25, 0.3) is 10.1 Å². The first-order valence-corrected chi connectivity index (χ1v) is 29.7. The van der Waals surface area contributed by atoms with Crippen LogP contribution in [0.5, 0.6) is 11.5 Å². The third kappa shape index (κ3) is 12.6.